The zero-order chi connectivity index (χ0) is 33.4. The van der Waals surface area contributed by atoms with Gasteiger partial charge in [-0.25, -0.2) is 9.69 Å². The number of amides is 5. The summed E-state index contributed by atoms with van der Waals surface area (Å²) < 4.78 is 22.8. The van der Waals surface area contributed by atoms with E-state index in [2.05, 4.69) is 10.6 Å². The molecule has 1 heterocycles. The van der Waals surface area contributed by atoms with E-state index in [1.165, 1.54) is 30.3 Å². The molecule has 11 nitrogen and oxygen atoms in total. The third-order valence-electron chi connectivity index (χ3n) is 6.83. The molecule has 0 spiro atoms. The van der Waals surface area contributed by atoms with Crippen LogP contribution in [0, 0.1) is 13.8 Å². The predicted molar refractivity (Wildman–Crippen MR) is 175 cm³/mol. The van der Waals surface area contributed by atoms with Gasteiger partial charge in [-0.05, 0) is 93.3 Å². The van der Waals surface area contributed by atoms with Gasteiger partial charge in [0.2, 0.25) is 0 Å². The molecule has 1 saturated heterocycles. The highest BCUT2D eigenvalue weighted by Gasteiger charge is 2.37. The Hall–Kier alpha value is -5.03. The van der Waals surface area contributed by atoms with E-state index in [0.717, 1.165) is 22.4 Å². The molecule has 1 aliphatic heterocycles. The van der Waals surface area contributed by atoms with Gasteiger partial charge in [-0.15, -0.1) is 0 Å². The van der Waals surface area contributed by atoms with Crippen molar-refractivity contribution < 1.29 is 38.1 Å². The lowest BCUT2D eigenvalue weighted by Crippen LogP contribution is -2.54. The standard InChI is InChI=1S/C34H36ClN3O8/c1-6-13-45-27-12-11-24(18-28(27)43-7-2)38-33(41)25(32(40)37-34(38)42)15-22-16-26(35)31(29(17-22)44-8-3)46-19-30(39)36-23-10-9-20(4)21(5)14-23/h9-12,14-18H,6-8,13,19H2,1-5H3,(H,36,39)(H,37,40,42)/b25-15+. The number of benzene rings is 3. The van der Waals surface area contributed by atoms with Crippen molar-refractivity contribution in [3.05, 3.63) is 75.8 Å². The van der Waals surface area contributed by atoms with Crippen LogP contribution in [0.4, 0.5) is 16.2 Å². The van der Waals surface area contributed by atoms with Gasteiger partial charge in [0.05, 0.1) is 30.5 Å². The molecule has 4 rings (SSSR count). The van der Waals surface area contributed by atoms with Crippen LogP contribution < -0.4 is 34.5 Å². The number of imide groups is 2. The Morgan fingerprint density at radius 1 is 0.870 bits per heavy atom. The van der Waals surface area contributed by atoms with Crippen molar-refractivity contribution >= 4 is 52.8 Å². The number of hydrogen-bond donors (Lipinski definition) is 2. The van der Waals surface area contributed by atoms with Gasteiger partial charge < -0.3 is 24.3 Å². The molecule has 3 aromatic carbocycles. The van der Waals surface area contributed by atoms with Crippen LogP contribution in [-0.2, 0) is 14.4 Å². The molecular weight excluding hydrogens is 614 g/mol. The molecule has 12 heteroatoms. The average Bonchev–Trinajstić information content (AvgIpc) is 3.00. The summed E-state index contributed by atoms with van der Waals surface area (Å²) in [6.45, 7) is 10.1. The van der Waals surface area contributed by atoms with Crippen molar-refractivity contribution in [1.29, 1.82) is 0 Å². The van der Waals surface area contributed by atoms with Crippen molar-refractivity contribution in [2.24, 2.45) is 0 Å². The number of anilines is 2. The van der Waals surface area contributed by atoms with Gasteiger partial charge in [-0.2, -0.15) is 0 Å². The van der Waals surface area contributed by atoms with Crippen LogP contribution in [0.25, 0.3) is 6.08 Å². The van der Waals surface area contributed by atoms with Gasteiger partial charge in [0.15, 0.2) is 29.6 Å². The summed E-state index contributed by atoms with van der Waals surface area (Å²) >= 11 is 6.55. The molecule has 0 atom stereocenters. The minimum atomic E-state index is -0.910. The maximum absolute atomic E-state index is 13.6. The second-order valence-electron chi connectivity index (χ2n) is 10.3. The first kappa shape index (κ1) is 33.9. The van der Waals surface area contributed by atoms with E-state index in [1.54, 1.807) is 26.0 Å². The van der Waals surface area contributed by atoms with Gasteiger partial charge in [0.25, 0.3) is 17.7 Å². The fourth-order valence-corrected chi connectivity index (χ4v) is 4.80. The Morgan fingerprint density at radius 3 is 2.30 bits per heavy atom. The van der Waals surface area contributed by atoms with Crippen LogP contribution in [0.3, 0.4) is 0 Å². The number of nitrogens with zero attached hydrogens (tertiary/aromatic N) is 1. The molecule has 242 valence electrons. The molecule has 46 heavy (non-hydrogen) atoms. The normalized spacial score (nSPS) is 13.8. The van der Waals surface area contributed by atoms with Gasteiger partial charge in [-0.3, -0.25) is 19.7 Å². The van der Waals surface area contributed by atoms with E-state index in [0.29, 0.717) is 36.0 Å². The molecular formula is C34H36ClN3O8. The number of carbonyl (C=O) groups excluding carboxylic acids is 4. The molecule has 5 amide bonds. The highest BCUT2D eigenvalue weighted by Crippen LogP contribution is 2.38. The molecule has 0 radical (unpaired) electrons. The number of aryl methyl sites for hydroxylation is 2. The number of rotatable bonds is 13. The van der Waals surface area contributed by atoms with Crippen LogP contribution >= 0.6 is 11.6 Å². The van der Waals surface area contributed by atoms with Gasteiger partial charge in [-0.1, -0.05) is 24.6 Å². The second kappa shape index (κ2) is 15.3. The highest BCUT2D eigenvalue weighted by atomic mass is 35.5. The fourth-order valence-electron chi connectivity index (χ4n) is 4.52. The third kappa shape index (κ3) is 7.97. The molecule has 1 aliphatic rings. The van der Waals surface area contributed by atoms with E-state index < -0.39 is 23.8 Å². The van der Waals surface area contributed by atoms with Crippen molar-refractivity contribution in [3.63, 3.8) is 0 Å². The Morgan fingerprint density at radius 2 is 1.61 bits per heavy atom. The first-order valence-electron chi connectivity index (χ1n) is 14.8. The monoisotopic (exact) mass is 649 g/mol. The number of ether oxygens (including phenoxy) is 4. The number of carbonyl (C=O) groups is 4. The van der Waals surface area contributed by atoms with Crippen LogP contribution in [-0.4, -0.2) is 50.2 Å². The fraction of sp³-hybridized carbons (Fsp3) is 0.294. The Kier molecular flexibility index (Phi) is 11.3. The van der Waals surface area contributed by atoms with Crippen molar-refractivity contribution in [2.45, 2.75) is 41.0 Å². The van der Waals surface area contributed by atoms with E-state index in [1.807, 2.05) is 32.9 Å². The number of barbiturate groups is 1. The van der Waals surface area contributed by atoms with Gasteiger partial charge >= 0.3 is 6.03 Å². The minimum Gasteiger partial charge on any atom is -0.490 e. The summed E-state index contributed by atoms with van der Waals surface area (Å²) in [6.07, 6.45) is 2.08. The predicted octanol–water partition coefficient (Wildman–Crippen LogP) is 6.23. The number of halogens is 1. The van der Waals surface area contributed by atoms with E-state index in [9.17, 15) is 19.2 Å². The van der Waals surface area contributed by atoms with Crippen LogP contribution in [0.2, 0.25) is 5.02 Å². The summed E-state index contributed by atoms with van der Waals surface area (Å²) in [5, 5.41) is 5.07. The van der Waals surface area contributed by atoms with E-state index >= 15 is 0 Å². The van der Waals surface area contributed by atoms with Gasteiger partial charge in [0, 0.05) is 11.8 Å². The Labute approximate surface area is 272 Å². The summed E-state index contributed by atoms with van der Waals surface area (Å²) in [6, 6.07) is 12.3. The van der Waals surface area contributed by atoms with Crippen molar-refractivity contribution in [1.82, 2.24) is 5.32 Å². The maximum atomic E-state index is 13.6. The lowest BCUT2D eigenvalue weighted by molar-refractivity contribution is -0.122. The van der Waals surface area contributed by atoms with Gasteiger partial charge in [0.1, 0.15) is 5.57 Å². The minimum absolute atomic E-state index is 0.0809. The zero-order valence-corrected chi connectivity index (χ0v) is 27.1. The van der Waals surface area contributed by atoms with Crippen LogP contribution in [0.15, 0.2) is 54.1 Å². The number of hydrogen-bond acceptors (Lipinski definition) is 8. The third-order valence-corrected chi connectivity index (χ3v) is 7.11. The molecule has 0 aromatic heterocycles. The first-order valence-corrected chi connectivity index (χ1v) is 15.2. The van der Waals surface area contributed by atoms with Crippen LogP contribution in [0.5, 0.6) is 23.0 Å². The highest BCUT2D eigenvalue weighted by molar-refractivity contribution is 6.39. The largest absolute Gasteiger partial charge is 0.490 e. The molecule has 0 unspecified atom stereocenters. The van der Waals surface area contributed by atoms with E-state index in [4.69, 9.17) is 30.5 Å². The van der Waals surface area contributed by atoms with Crippen molar-refractivity contribution in [2.75, 3.05) is 36.6 Å². The molecule has 0 saturated carbocycles. The first-order chi connectivity index (χ1) is 22.1. The average molecular weight is 650 g/mol. The number of nitrogens with one attached hydrogen (secondary N) is 2. The number of urea groups is 1. The van der Waals surface area contributed by atoms with E-state index in [-0.39, 0.29) is 41.0 Å². The Balaban J connectivity index is 1.59. The summed E-state index contributed by atoms with van der Waals surface area (Å²) in [7, 11) is 0. The lowest BCUT2D eigenvalue weighted by atomic mass is 10.1. The second-order valence-corrected chi connectivity index (χ2v) is 10.7. The smallest absolute Gasteiger partial charge is 0.335 e. The van der Waals surface area contributed by atoms with Crippen molar-refractivity contribution in [3.8, 4) is 23.0 Å². The molecule has 3 aromatic rings. The zero-order valence-electron chi connectivity index (χ0n) is 26.3. The summed E-state index contributed by atoms with van der Waals surface area (Å²) in [5.41, 5.74) is 2.96. The topological polar surface area (TPSA) is 132 Å². The lowest BCUT2D eigenvalue weighted by Gasteiger charge is -2.27. The Bertz CT molecular complexity index is 1690. The maximum Gasteiger partial charge on any atom is 0.335 e. The van der Waals surface area contributed by atoms with Crippen LogP contribution in [0.1, 0.15) is 43.9 Å². The summed E-state index contributed by atoms with van der Waals surface area (Å²) in [4.78, 5) is 52.7. The molecule has 0 aliphatic carbocycles. The molecule has 1 fully saturated rings. The SMILES string of the molecule is CCCOc1ccc(N2C(=O)NC(=O)/C(=C\c3cc(Cl)c(OCC(=O)Nc4ccc(C)c(C)c4)c(OCC)c3)C2=O)cc1OCC. The molecule has 2 N–H and O–H groups in total. The summed E-state index contributed by atoms with van der Waals surface area (Å²) in [5.74, 6) is -1.00. The molecule has 0 bridgehead atoms. The quantitative estimate of drug-likeness (QED) is 0.165.